The maximum Gasteiger partial charge on any atom is 0.220 e. The molecule has 0 aromatic heterocycles. The second-order valence-electron chi connectivity index (χ2n) is 23.2. The van der Waals surface area contributed by atoms with Gasteiger partial charge in [0.2, 0.25) is 5.91 Å². The summed E-state index contributed by atoms with van der Waals surface area (Å²) in [6.45, 7) is 2.69. The Kier molecular flexibility index (Phi) is 48.6. The van der Waals surface area contributed by atoms with E-state index in [4.69, 9.17) is 18.9 Å². The molecule has 0 radical (unpaired) electrons. The topological polar surface area (TPSA) is 228 Å². The molecule has 12 unspecified atom stereocenters. The van der Waals surface area contributed by atoms with Crippen molar-refractivity contribution in [2.45, 2.75) is 331 Å². The van der Waals surface area contributed by atoms with Gasteiger partial charge >= 0.3 is 0 Å². The van der Waals surface area contributed by atoms with Crippen LogP contribution in [-0.4, -0.2) is 140 Å². The van der Waals surface area contributed by atoms with Crippen molar-refractivity contribution in [2.75, 3.05) is 19.8 Å². The van der Waals surface area contributed by atoms with Crippen LogP contribution in [0.25, 0.3) is 0 Å². The highest BCUT2D eigenvalue weighted by Gasteiger charge is 2.51. The largest absolute Gasteiger partial charge is 0.394 e. The van der Waals surface area contributed by atoms with E-state index < -0.39 is 86.8 Å². The average Bonchev–Trinajstić information content (AvgIpc) is 3.56. The molecule has 0 spiro atoms. The third kappa shape index (κ3) is 37.1. The number of aliphatic hydroxyl groups excluding tert-OH is 8. The lowest BCUT2D eigenvalue weighted by Gasteiger charge is -2.46. The minimum atomic E-state index is -1.79. The second-order valence-corrected chi connectivity index (χ2v) is 23.2. The van der Waals surface area contributed by atoms with Gasteiger partial charge < -0.3 is 65.1 Å². The molecule has 0 saturated carbocycles. The molecule has 14 heteroatoms. The summed E-state index contributed by atoms with van der Waals surface area (Å²) in [5.41, 5.74) is 0. The zero-order valence-corrected chi connectivity index (χ0v) is 51.5. The van der Waals surface area contributed by atoms with Gasteiger partial charge in [-0.05, 0) is 64.2 Å². The third-order valence-electron chi connectivity index (χ3n) is 15.9. The van der Waals surface area contributed by atoms with Gasteiger partial charge in [0.05, 0.1) is 32.0 Å². The standard InChI is InChI=1S/C68H121NO13/c1-3-5-7-9-11-13-15-17-18-19-20-21-22-23-24-25-26-27-28-29-30-31-32-33-34-35-36-37-38-40-42-44-46-48-50-52-60(73)69-56(57(72)51-49-47-45-43-41-39-16-14-12-10-8-6-4-2)55-79-67-65(78)63(76)66(59(54-71)81-67)82-68-64(77)62(75)61(74)58(53-70)80-68/h5,7,11,13,17-18,20-21,23-24,49,51,56-59,61-68,70-72,74-78H,3-4,6,8-10,12,14-16,19,22,25-48,50,52-55H2,1-2H3,(H,69,73)/b7-5-,13-11-,18-17-,21-20-,24-23-,51-49+. The van der Waals surface area contributed by atoms with Gasteiger partial charge in [0, 0.05) is 6.42 Å². The fourth-order valence-electron chi connectivity index (χ4n) is 10.6. The molecular formula is C68H121NO13. The van der Waals surface area contributed by atoms with Gasteiger partial charge in [-0.2, -0.15) is 0 Å². The van der Waals surface area contributed by atoms with Crippen LogP contribution in [0.2, 0.25) is 0 Å². The number of unbranched alkanes of at least 4 members (excludes halogenated alkanes) is 30. The molecule has 2 aliphatic rings. The molecular weight excluding hydrogens is 1040 g/mol. The lowest BCUT2D eigenvalue weighted by atomic mass is 9.97. The van der Waals surface area contributed by atoms with Crippen molar-refractivity contribution < 1.29 is 64.6 Å². The fraction of sp³-hybridized carbons (Fsp3) is 0.809. The Balaban J connectivity index is 1.61. The summed E-state index contributed by atoms with van der Waals surface area (Å²) >= 11 is 0. The zero-order valence-electron chi connectivity index (χ0n) is 51.5. The summed E-state index contributed by atoms with van der Waals surface area (Å²) in [7, 11) is 0. The molecule has 2 aliphatic heterocycles. The summed E-state index contributed by atoms with van der Waals surface area (Å²) in [6, 6.07) is -0.915. The summed E-state index contributed by atoms with van der Waals surface area (Å²) < 4.78 is 22.8. The van der Waals surface area contributed by atoms with Crippen molar-refractivity contribution in [3.8, 4) is 0 Å². The molecule has 12 atom stereocenters. The van der Waals surface area contributed by atoms with Crippen LogP contribution in [0.3, 0.4) is 0 Å². The smallest absolute Gasteiger partial charge is 0.220 e. The van der Waals surface area contributed by atoms with Crippen molar-refractivity contribution in [3.63, 3.8) is 0 Å². The second kappa shape index (κ2) is 52.7. The number of ether oxygens (including phenoxy) is 4. The Labute approximate surface area is 498 Å². The van der Waals surface area contributed by atoms with Crippen molar-refractivity contribution in [1.29, 1.82) is 0 Å². The lowest BCUT2D eigenvalue weighted by Crippen LogP contribution is -2.65. The average molecular weight is 1160 g/mol. The molecule has 2 saturated heterocycles. The summed E-state index contributed by atoms with van der Waals surface area (Å²) in [4.78, 5) is 13.3. The van der Waals surface area contributed by atoms with Crippen molar-refractivity contribution in [2.24, 2.45) is 0 Å². The Bertz CT molecular complexity index is 1650. The summed E-state index contributed by atoms with van der Waals surface area (Å²) in [6.07, 6.45) is 53.9. The van der Waals surface area contributed by atoms with Gasteiger partial charge in [-0.3, -0.25) is 4.79 Å². The number of carbonyl (C=O) groups excluding carboxylic acids is 1. The molecule has 82 heavy (non-hydrogen) atoms. The number of aliphatic hydroxyl groups is 8. The molecule has 2 heterocycles. The van der Waals surface area contributed by atoms with Crippen molar-refractivity contribution in [1.82, 2.24) is 5.32 Å². The SMILES string of the molecule is CC/C=C\C/C=C\C/C=C\C/C=C\C/C=C\CCCCCCCCCCCCCCCCCCCCCC(=O)NC(COC1OC(CO)C(OC2OC(CO)C(O)C(O)C2O)C(O)C1O)C(O)/C=C/CCCCCCCCCCCCC. The van der Waals surface area contributed by atoms with Crippen molar-refractivity contribution in [3.05, 3.63) is 72.9 Å². The number of hydrogen-bond acceptors (Lipinski definition) is 13. The van der Waals surface area contributed by atoms with Crippen LogP contribution < -0.4 is 5.32 Å². The summed E-state index contributed by atoms with van der Waals surface area (Å²) in [5.74, 6) is -0.239. The van der Waals surface area contributed by atoms with E-state index >= 15 is 0 Å². The minimum absolute atomic E-state index is 0.239. The molecule has 14 nitrogen and oxygen atoms in total. The maximum atomic E-state index is 13.3. The van der Waals surface area contributed by atoms with Crippen molar-refractivity contribution >= 4 is 5.91 Å². The Morgan fingerprint density at radius 3 is 1.29 bits per heavy atom. The van der Waals surface area contributed by atoms with E-state index in [0.29, 0.717) is 6.42 Å². The van der Waals surface area contributed by atoms with E-state index in [1.165, 1.54) is 161 Å². The summed E-state index contributed by atoms with van der Waals surface area (Å²) in [5, 5.41) is 87.1. The van der Waals surface area contributed by atoms with Crippen LogP contribution >= 0.6 is 0 Å². The first-order chi connectivity index (χ1) is 40.1. The highest BCUT2D eigenvalue weighted by atomic mass is 16.7. The first-order valence-electron chi connectivity index (χ1n) is 33.2. The van der Waals surface area contributed by atoms with E-state index in [9.17, 15) is 45.6 Å². The highest BCUT2D eigenvalue weighted by Crippen LogP contribution is 2.30. The predicted octanol–water partition coefficient (Wildman–Crippen LogP) is 12.7. The zero-order chi connectivity index (χ0) is 59.5. The Hall–Kier alpha value is -2.57. The molecule has 476 valence electrons. The van der Waals surface area contributed by atoms with Crippen LogP contribution in [0, 0.1) is 0 Å². The van der Waals surface area contributed by atoms with Gasteiger partial charge in [-0.25, -0.2) is 0 Å². The minimum Gasteiger partial charge on any atom is -0.394 e. The number of amides is 1. The molecule has 1 amide bonds. The fourth-order valence-corrected chi connectivity index (χ4v) is 10.6. The first kappa shape index (κ1) is 75.5. The number of hydrogen-bond donors (Lipinski definition) is 9. The van der Waals surface area contributed by atoms with E-state index in [1.807, 2.05) is 6.08 Å². The van der Waals surface area contributed by atoms with Gasteiger partial charge in [0.25, 0.3) is 0 Å². The number of nitrogens with one attached hydrogen (secondary N) is 1. The normalized spacial score (nSPS) is 24.4. The van der Waals surface area contributed by atoms with Crippen LogP contribution in [-0.2, 0) is 23.7 Å². The number of carbonyl (C=O) groups is 1. The van der Waals surface area contributed by atoms with Crippen LogP contribution in [0.4, 0.5) is 0 Å². The third-order valence-corrected chi connectivity index (χ3v) is 15.9. The van der Waals surface area contributed by atoms with Gasteiger partial charge in [-0.15, -0.1) is 0 Å². The molecule has 0 bridgehead atoms. The van der Waals surface area contributed by atoms with Crippen LogP contribution in [0.5, 0.6) is 0 Å². The number of allylic oxidation sites excluding steroid dienone is 11. The van der Waals surface area contributed by atoms with Crippen LogP contribution in [0.15, 0.2) is 72.9 Å². The monoisotopic (exact) mass is 1160 g/mol. The lowest BCUT2D eigenvalue weighted by molar-refractivity contribution is -0.359. The maximum absolute atomic E-state index is 13.3. The van der Waals surface area contributed by atoms with E-state index in [0.717, 1.165) is 70.6 Å². The van der Waals surface area contributed by atoms with E-state index in [1.54, 1.807) is 6.08 Å². The van der Waals surface area contributed by atoms with E-state index in [-0.39, 0.29) is 18.9 Å². The molecule has 9 N–H and O–H groups in total. The molecule has 0 aromatic rings. The molecule has 2 fully saturated rings. The predicted molar refractivity (Wildman–Crippen MR) is 332 cm³/mol. The number of rotatable bonds is 53. The first-order valence-corrected chi connectivity index (χ1v) is 33.2. The van der Waals surface area contributed by atoms with Gasteiger partial charge in [0.15, 0.2) is 12.6 Å². The Morgan fingerprint density at radius 2 is 0.841 bits per heavy atom. The van der Waals surface area contributed by atoms with Crippen LogP contribution in [0.1, 0.15) is 258 Å². The molecule has 2 rings (SSSR count). The van der Waals surface area contributed by atoms with Gasteiger partial charge in [0.1, 0.15) is 48.8 Å². The molecule has 0 aliphatic carbocycles. The quantitative estimate of drug-likeness (QED) is 0.0204. The van der Waals surface area contributed by atoms with E-state index in [2.05, 4.69) is 79.9 Å². The van der Waals surface area contributed by atoms with Gasteiger partial charge in [-0.1, -0.05) is 260 Å². The Morgan fingerprint density at radius 1 is 0.451 bits per heavy atom. The molecule has 0 aromatic carbocycles. The highest BCUT2D eigenvalue weighted by molar-refractivity contribution is 5.76.